The van der Waals surface area contributed by atoms with Crippen molar-refractivity contribution < 1.29 is 19.8 Å². The summed E-state index contributed by atoms with van der Waals surface area (Å²) in [5.41, 5.74) is -1.60. The Morgan fingerprint density at radius 1 is 0.800 bits per heavy atom. The van der Waals surface area contributed by atoms with Crippen molar-refractivity contribution in [3.8, 4) is 0 Å². The second-order valence-corrected chi connectivity index (χ2v) is 6.70. The van der Waals surface area contributed by atoms with Gasteiger partial charge in [-0.2, -0.15) is 0 Å². The second kappa shape index (κ2) is 18.9. The van der Waals surface area contributed by atoms with E-state index in [1.165, 1.54) is 12.8 Å². The van der Waals surface area contributed by atoms with Crippen molar-refractivity contribution >= 4 is 92.9 Å². The molecule has 0 amide bonds. The third-order valence-electron chi connectivity index (χ3n) is 5.03. The second-order valence-electron chi connectivity index (χ2n) is 6.70. The molecule has 0 aliphatic carbocycles. The zero-order valence-electron chi connectivity index (χ0n) is 15.3. The number of carbonyl (C=O) groups is 2. The van der Waals surface area contributed by atoms with Gasteiger partial charge in [0.1, 0.15) is 0 Å². The first-order valence-electron chi connectivity index (χ1n) is 9.44. The molecule has 0 spiro atoms. The van der Waals surface area contributed by atoms with Crippen LogP contribution in [-0.4, -0.2) is 103 Å². The maximum atomic E-state index is 11.9. The molecule has 0 saturated heterocycles. The predicted molar refractivity (Wildman–Crippen MR) is 108 cm³/mol. The van der Waals surface area contributed by atoms with E-state index in [-0.39, 0.29) is 93.3 Å². The Balaban J connectivity index is -0.00000242. The van der Waals surface area contributed by atoms with Crippen LogP contribution in [-0.2, 0) is 9.59 Å². The van der Waals surface area contributed by atoms with Gasteiger partial charge in [0, 0.05) is 0 Å². The summed E-state index contributed by atoms with van der Waals surface area (Å²) >= 11 is 0. The number of rotatable bonds is 15. The van der Waals surface area contributed by atoms with E-state index in [2.05, 4.69) is 13.8 Å². The van der Waals surface area contributed by atoms with Crippen molar-refractivity contribution in [3.05, 3.63) is 0 Å². The Morgan fingerprint density at radius 2 is 1.24 bits per heavy atom. The van der Waals surface area contributed by atoms with Gasteiger partial charge in [0.25, 0.3) is 0 Å². The Hall–Kier alpha value is 1.58. The van der Waals surface area contributed by atoms with E-state index in [1.54, 1.807) is 0 Å². The average Bonchev–Trinajstić information content (AvgIpc) is 2.51. The first-order chi connectivity index (χ1) is 11.0. The monoisotopic (exact) mass is 392 g/mol. The van der Waals surface area contributed by atoms with E-state index in [1.807, 2.05) is 6.92 Å². The van der Waals surface area contributed by atoms with Crippen LogP contribution in [0, 0.1) is 11.3 Å². The summed E-state index contributed by atoms with van der Waals surface area (Å²) < 4.78 is 0. The van der Waals surface area contributed by atoms with Crippen molar-refractivity contribution in [1.29, 1.82) is 0 Å². The van der Waals surface area contributed by atoms with Crippen molar-refractivity contribution in [2.45, 2.75) is 97.8 Å². The molecule has 1 unspecified atom stereocenters. The Bertz CT molecular complexity index is 336. The summed E-state index contributed by atoms with van der Waals surface area (Å²) in [4.78, 5) is 23.8. The van der Waals surface area contributed by atoms with Gasteiger partial charge < -0.3 is 10.2 Å². The quantitative estimate of drug-likeness (QED) is 0.249. The standard InChI is InChI=1S/C19H36O4.K.Na.2H/c1-4-7-9-10-11-13-15-19(17(20)21,18(22)23)16(6-3)14-12-8-5-2;;;;/h16H,4-15H2,1-3H3,(H,20,21)(H,22,23);;;;. The molecular weight excluding hydrogens is 354 g/mol. The van der Waals surface area contributed by atoms with Gasteiger partial charge >= 0.3 is 92.9 Å². The molecule has 140 valence electrons. The molecule has 0 fully saturated rings. The molecule has 0 aromatic carbocycles. The minimum absolute atomic E-state index is 0. The van der Waals surface area contributed by atoms with Gasteiger partial charge in [-0.3, -0.25) is 9.59 Å². The molecule has 0 aromatic rings. The van der Waals surface area contributed by atoms with E-state index in [9.17, 15) is 19.8 Å². The summed E-state index contributed by atoms with van der Waals surface area (Å²) in [6.07, 6.45) is 10.7. The van der Waals surface area contributed by atoms with E-state index in [0.29, 0.717) is 19.3 Å². The maximum absolute atomic E-state index is 11.9. The molecule has 0 rings (SSSR count). The summed E-state index contributed by atoms with van der Waals surface area (Å²) in [7, 11) is 0. The van der Waals surface area contributed by atoms with Gasteiger partial charge in [-0.1, -0.05) is 85.0 Å². The minimum atomic E-state index is -1.60. The molecule has 25 heavy (non-hydrogen) atoms. The number of carboxylic acid groups (broad SMARTS) is 2. The van der Waals surface area contributed by atoms with Crippen LogP contribution in [0.2, 0.25) is 0 Å². The molecule has 4 nitrogen and oxygen atoms in total. The third kappa shape index (κ3) is 11.2. The molecule has 0 aliphatic heterocycles. The zero-order chi connectivity index (χ0) is 17.7. The van der Waals surface area contributed by atoms with Crippen LogP contribution in [0.1, 0.15) is 97.8 Å². The molecule has 0 radical (unpaired) electrons. The van der Waals surface area contributed by atoms with Gasteiger partial charge in [0.2, 0.25) is 0 Å². The van der Waals surface area contributed by atoms with Crippen LogP contribution in [0.3, 0.4) is 0 Å². The summed E-state index contributed by atoms with van der Waals surface area (Å²) in [5, 5.41) is 19.4. The van der Waals surface area contributed by atoms with E-state index < -0.39 is 17.4 Å². The molecular formula is C19H38KNaO4. The van der Waals surface area contributed by atoms with Gasteiger partial charge in [0.05, 0.1) is 0 Å². The summed E-state index contributed by atoms with van der Waals surface area (Å²) in [6.45, 7) is 6.17. The Morgan fingerprint density at radius 3 is 1.68 bits per heavy atom. The molecule has 0 heterocycles. The van der Waals surface area contributed by atoms with E-state index in [0.717, 1.165) is 38.5 Å². The summed E-state index contributed by atoms with van der Waals surface area (Å²) in [6, 6.07) is 0. The van der Waals surface area contributed by atoms with Gasteiger partial charge in [-0.05, 0) is 18.8 Å². The van der Waals surface area contributed by atoms with Crippen molar-refractivity contribution in [2.24, 2.45) is 11.3 Å². The van der Waals surface area contributed by atoms with E-state index >= 15 is 0 Å². The van der Waals surface area contributed by atoms with Gasteiger partial charge in [0.15, 0.2) is 5.41 Å². The molecule has 0 bridgehead atoms. The van der Waals surface area contributed by atoms with Crippen LogP contribution in [0.4, 0.5) is 0 Å². The fraction of sp³-hybridized carbons (Fsp3) is 0.895. The number of unbranched alkanes of at least 4 members (excludes halogenated alkanes) is 7. The van der Waals surface area contributed by atoms with E-state index in [4.69, 9.17) is 0 Å². The molecule has 6 heteroatoms. The first kappa shape index (κ1) is 31.3. The van der Waals surface area contributed by atoms with Crippen molar-refractivity contribution in [1.82, 2.24) is 0 Å². The molecule has 1 atom stereocenters. The Labute approximate surface area is 219 Å². The molecule has 0 aliphatic rings. The van der Waals surface area contributed by atoms with Crippen LogP contribution >= 0.6 is 0 Å². The number of carboxylic acids is 2. The van der Waals surface area contributed by atoms with Crippen molar-refractivity contribution in [2.75, 3.05) is 0 Å². The zero-order valence-corrected chi connectivity index (χ0v) is 15.3. The third-order valence-corrected chi connectivity index (χ3v) is 5.03. The normalized spacial score (nSPS) is 12.0. The van der Waals surface area contributed by atoms with Gasteiger partial charge in [-0.15, -0.1) is 0 Å². The molecule has 0 aromatic heterocycles. The first-order valence-corrected chi connectivity index (χ1v) is 9.44. The molecule has 2 N–H and O–H groups in total. The topological polar surface area (TPSA) is 74.6 Å². The predicted octanol–water partition coefficient (Wildman–Crippen LogP) is 4.20. The summed E-state index contributed by atoms with van der Waals surface area (Å²) in [5.74, 6) is -2.58. The van der Waals surface area contributed by atoms with Gasteiger partial charge in [-0.25, -0.2) is 0 Å². The van der Waals surface area contributed by atoms with Crippen LogP contribution in [0.5, 0.6) is 0 Å². The number of aliphatic carboxylic acids is 2. The molecule has 0 saturated carbocycles. The number of hydrogen-bond donors (Lipinski definition) is 2. The van der Waals surface area contributed by atoms with Crippen LogP contribution in [0.25, 0.3) is 0 Å². The average molecular weight is 393 g/mol. The fourth-order valence-electron chi connectivity index (χ4n) is 3.48. The SMILES string of the molecule is CCCCCCCCC(C(=O)O)(C(=O)O)C(CC)CCCCC.[KH].[NaH]. The van der Waals surface area contributed by atoms with Crippen LogP contribution in [0.15, 0.2) is 0 Å². The van der Waals surface area contributed by atoms with Crippen molar-refractivity contribution in [3.63, 3.8) is 0 Å². The number of hydrogen-bond acceptors (Lipinski definition) is 2. The fourth-order valence-corrected chi connectivity index (χ4v) is 3.48. The Kier molecular flexibility index (Phi) is 23.7. The van der Waals surface area contributed by atoms with Crippen LogP contribution < -0.4 is 0 Å².